The van der Waals surface area contributed by atoms with Crippen LogP contribution in [-0.4, -0.2) is 65.2 Å². The van der Waals surface area contributed by atoms with Crippen LogP contribution < -0.4 is 20.5 Å². The zero-order chi connectivity index (χ0) is 43.0. The molecule has 1 amide bonds. The number of aromatic nitrogens is 6. The summed E-state index contributed by atoms with van der Waals surface area (Å²) in [7, 11) is 0. The quantitative estimate of drug-likeness (QED) is 0.114. The number of carbonyl (C=O) groups is 1. The summed E-state index contributed by atoms with van der Waals surface area (Å²) in [4.78, 5) is 21.0. The van der Waals surface area contributed by atoms with Crippen LogP contribution in [0.1, 0.15) is 86.3 Å². The normalized spacial score (nSPS) is 13.5. The molecule has 0 fully saturated rings. The fourth-order valence-electron chi connectivity index (χ4n) is 6.98. The molecule has 0 spiro atoms. The molecular weight excluding hydrogens is 745 g/mol. The molecule has 308 valence electrons. The number of rotatable bonds is 13. The average molecular weight is 799 g/mol. The highest BCUT2D eigenvalue weighted by Gasteiger charge is 2.31. The highest BCUT2D eigenvalue weighted by molar-refractivity contribution is 5.69. The average Bonchev–Trinajstić information content (AvgIpc) is 3.85. The van der Waals surface area contributed by atoms with Crippen LogP contribution in [0.25, 0.3) is 33.8 Å². The summed E-state index contributed by atoms with van der Waals surface area (Å²) >= 11 is 0. The van der Waals surface area contributed by atoms with Gasteiger partial charge in [0.2, 0.25) is 0 Å². The van der Waals surface area contributed by atoms with Crippen molar-refractivity contribution in [3.63, 3.8) is 0 Å². The monoisotopic (exact) mass is 798 g/mol. The summed E-state index contributed by atoms with van der Waals surface area (Å²) in [6, 6.07) is 22.8. The number of nitriles is 2. The Morgan fingerprint density at radius 1 is 0.712 bits per heavy atom. The number of ether oxygens (including phenoxy) is 3. The fraction of sp³-hybridized carbons (Fsp3) is 0.400. The predicted molar refractivity (Wildman–Crippen MR) is 227 cm³/mol. The summed E-state index contributed by atoms with van der Waals surface area (Å²) in [5, 5.41) is 30.9. The number of nitrogens with zero attached hydrogens (tertiary/aromatic N) is 8. The summed E-state index contributed by atoms with van der Waals surface area (Å²) in [5.41, 5.74) is 10.3. The molecule has 0 saturated heterocycles. The summed E-state index contributed by atoms with van der Waals surface area (Å²) in [6.07, 6.45) is 7.86. The third kappa shape index (κ3) is 11.8. The molecule has 6 rings (SSSR count). The Kier molecular flexibility index (Phi) is 13.6. The second-order valence-electron chi connectivity index (χ2n) is 17.1. The Morgan fingerprint density at radius 3 is 1.63 bits per heavy atom. The van der Waals surface area contributed by atoms with Crippen molar-refractivity contribution in [1.82, 2.24) is 34.5 Å². The van der Waals surface area contributed by atoms with Gasteiger partial charge in [0.15, 0.2) is 11.3 Å². The Bertz CT molecular complexity index is 2470. The molecule has 6 aromatic rings. The molecule has 0 aliphatic carbocycles. The van der Waals surface area contributed by atoms with Crippen molar-refractivity contribution in [3.05, 3.63) is 96.6 Å². The predicted octanol–water partition coefficient (Wildman–Crippen LogP) is 8.39. The molecule has 0 bridgehead atoms. The van der Waals surface area contributed by atoms with E-state index in [-0.39, 0.29) is 6.61 Å². The first-order valence-corrected chi connectivity index (χ1v) is 19.6. The van der Waals surface area contributed by atoms with Crippen molar-refractivity contribution in [3.8, 4) is 46.2 Å². The standard InChI is InChI=1S/C25H31N5O3.C20H23N5O/c1-17(2)14-25(6,29-23(31)33-24(3,4)5)16-32-21-8-7-18(13-19(21)15-26)20-9-11-27-22-10-12-28-30(20)22;1-14(2)11-20(3,22)13-26-18-5-4-15(10-16(18)12-21)17-6-8-23-19-7-9-24-25(17)19/h7-13,17H,14,16H2,1-6H3,(H,29,31);4-10,14H,11,13,22H2,1-3H3/t25-;20-/m00/s1. The minimum Gasteiger partial charge on any atom is -0.490 e. The van der Waals surface area contributed by atoms with E-state index in [0.29, 0.717) is 47.5 Å². The highest BCUT2D eigenvalue weighted by Crippen LogP contribution is 2.30. The van der Waals surface area contributed by atoms with Gasteiger partial charge in [-0.3, -0.25) is 0 Å². The Morgan fingerprint density at radius 2 is 1.19 bits per heavy atom. The molecule has 0 aliphatic rings. The van der Waals surface area contributed by atoms with E-state index in [1.54, 1.807) is 46.0 Å². The minimum absolute atomic E-state index is 0.192. The van der Waals surface area contributed by atoms with E-state index in [2.05, 4.69) is 65.3 Å². The van der Waals surface area contributed by atoms with E-state index >= 15 is 0 Å². The lowest BCUT2D eigenvalue weighted by molar-refractivity contribution is 0.0408. The first kappa shape index (κ1) is 43.6. The van der Waals surface area contributed by atoms with Crippen molar-refractivity contribution in [1.29, 1.82) is 10.5 Å². The van der Waals surface area contributed by atoms with Gasteiger partial charge in [-0.15, -0.1) is 0 Å². The molecule has 0 radical (unpaired) electrons. The molecule has 14 heteroatoms. The number of benzene rings is 2. The van der Waals surface area contributed by atoms with Crippen LogP contribution in [0, 0.1) is 34.5 Å². The number of amides is 1. The lowest BCUT2D eigenvalue weighted by Gasteiger charge is -2.33. The van der Waals surface area contributed by atoms with Crippen LogP contribution in [-0.2, 0) is 4.74 Å². The first-order chi connectivity index (χ1) is 27.9. The third-order valence-electron chi connectivity index (χ3n) is 9.01. The number of nitrogens with one attached hydrogen (secondary N) is 1. The summed E-state index contributed by atoms with van der Waals surface area (Å²) < 4.78 is 20.8. The number of nitrogens with two attached hydrogens (primary N) is 1. The molecule has 4 aromatic heterocycles. The topological polar surface area (TPSA) is 191 Å². The second kappa shape index (κ2) is 18.4. The Labute approximate surface area is 346 Å². The molecule has 2 aromatic carbocycles. The van der Waals surface area contributed by atoms with Crippen molar-refractivity contribution >= 4 is 17.4 Å². The molecule has 2 atom stereocenters. The van der Waals surface area contributed by atoms with Gasteiger partial charge in [-0.2, -0.15) is 20.7 Å². The van der Waals surface area contributed by atoms with Crippen molar-refractivity contribution < 1.29 is 19.0 Å². The minimum atomic E-state index is -0.672. The smallest absolute Gasteiger partial charge is 0.408 e. The number of hydrogen-bond acceptors (Lipinski definition) is 11. The molecule has 59 heavy (non-hydrogen) atoms. The van der Waals surface area contributed by atoms with E-state index in [1.165, 1.54) is 0 Å². The lowest BCUT2D eigenvalue weighted by atomic mass is 9.91. The largest absolute Gasteiger partial charge is 0.490 e. The molecule has 14 nitrogen and oxygen atoms in total. The van der Waals surface area contributed by atoms with Crippen LogP contribution >= 0.6 is 0 Å². The van der Waals surface area contributed by atoms with Gasteiger partial charge in [0.1, 0.15) is 42.5 Å². The van der Waals surface area contributed by atoms with Gasteiger partial charge in [-0.25, -0.2) is 23.8 Å². The molecule has 4 heterocycles. The van der Waals surface area contributed by atoms with E-state index in [4.69, 9.17) is 19.9 Å². The number of alkyl carbamates (subject to hydrolysis) is 1. The zero-order valence-electron chi connectivity index (χ0n) is 35.4. The maximum absolute atomic E-state index is 12.4. The summed E-state index contributed by atoms with van der Waals surface area (Å²) in [6.45, 7) is 18.3. The number of carbonyl (C=O) groups excluding carboxylic acids is 1. The van der Waals surface area contributed by atoms with Gasteiger partial charge in [0.25, 0.3) is 0 Å². The lowest BCUT2D eigenvalue weighted by Crippen LogP contribution is -2.52. The van der Waals surface area contributed by atoms with Gasteiger partial charge in [0, 0.05) is 41.2 Å². The van der Waals surface area contributed by atoms with Gasteiger partial charge in [0.05, 0.1) is 40.4 Å². The highest BCUT2D eigenvalue weighted by atomic mass is 16.6. The molecular formula is C45H54N10O4. The van der Waals surface area contributed by atoms with E-state index in [9.17, 15) is 15.3 Å². The van der Waals surface area contributed by atoms with Gasteiger partial charge in [-0.05, 0) is 108 Å². The van der Waals surface area contributed by atoms with Crippen LogP contribution in [0.5, 0.6) is 11.5 Å². The Balaban J connectivity index is 0.000000230. The van der Waals surface area contributed by atoms with E-state index in [1.807, 2.05) is 83.1 Å². The van der Waals surface area contributed by atoms with Crippen LogP contribution in [0.3, 0.4) is 0 Å². The van der Waals surface area contributed by atoms with Gasteiger partial charge < -0.3 is 25.3 Å². The maximum atomic E-state index is 12.4. The van der Waals surface area contributed by atoms with Crippen LogP contribution in [0.2, 0.25) is 0 Å². The molecule has 0 aliphatic heterocycles. The SMILES string of the molecule is CC(C)C[C@@](C)(COc1ccc(-c2ccnc3ccnn23)cc1C#N)NC(=O)OC(C)(C)C.CC(C)C[C@](C)(N)COc1ccc(-c2ccnc3ccnn23)cc1C#N. The van der Waals surface area contributed by atoms with Crippen LogP contribution in [0.15, 0.2) is 85.5 Å². The van der Waals surface area contributed by atoms with Crippen molar-refractivity contribution in [2.75, 3.05) is 13.2 Å². The Hall–Kier alpha value is -6.51. The molecule has 3 N–H and O–H groups in total. The maximum Gasteiger partial charge on any atom is 0.408 e. The first-order valence-electron chi connectivity index (χ1n) is 19.6. The summed E-state index contributed by atoms with van der Waals surface area (Å²) in [5.74, 6) is 1.79. The van der Waals surface area contributed by atoms with E-state index in [0.717, 1.165) is 40.2 Å². The van der Waals surface area contributed by atoms with E-state index < -0.39 is 22.8 Å². The number of fused-ring (bicyclic) bond motifs is 2. The second-order valence-corrected chi connectivity index (χ2v) is 17.1. The van der Waals surface area contributed by atoms with Crippen molar-refractivity contribution in [2.45, 2.75) is 91.8 Å². The molecule has 0 unspecified atom stereocenters. The van der Waals surface area contributed by atoms with Gasteiger partial charge in [-0.1, -0.05) is 27.7 Å². The number of hydrogen-bond donors (Lipinski definition) is 2. The van der Waals surface area contributed by atoms with Crippen LogP contribution in [0.4, 0.5) is 4.79 Å². The molecule has 0 saturated carbocycles. The van der Waals surface area contributed by atoms with Crippen molar-refractivity contribution in [2.24, 2.45) is 17.6 Å². The van der Waals surface area contributed by atoms with Gasteiger partial charge >= 0.3 is 6.09 Å². The fourth-order valence-corrected chi connectivity index (χ4v) is 6.98. The third-order valence-corrected chi connectivity index (χ3v) is 9.01. The zero-order valence-corrected chi connectivity index (χ0v) is 35.4.